The second-order valence-electron chi connectivity index (χ2n) is 4.28. The molecule has 0 aliphatic rings. The zero-order valence-electron chi connectivity index (χ0n) is 11.2. The summed E-state index contributed by atoms with van der Waals surface area (Å²) in [6, 6.07) is 14.4. The average Bonchev–Trinajstić information content (AvgIpc) is 2.46. The van der Waals surface area contributed by atoms with E-state index in [0.29, 0.717) is 24.6 Å². The van der Waals surface area contributed by atoms with E-state index in [0.717, 1.165) is 5.56 Å². The number of nitrogens with one attached hydrogen (secondary N) is 1. The molecule has 2 rings (SSSR count). The molecule has 5 heteroatoms. The lowest BCUT2D eigenvalue weighted by atomic mass is 10.2. The lowest BCUT2D eigenvalue weighted by Crippen LogP contribution is -2.00. The van der Waals surface area contributed by atoms with Gasteiger partial charge in [0.05, 0.1) is 11.0 Å². The van der Waals surface area contributed by atoms with E-state index in [1.165, 1.54) is 12.1 Å². The van der Waals surface area contributed by atoms with Crippen molar-refractivity contribution in [1.82, 2.24) is 0 Å². The fourth-order valence-corrected chi connectivity index (χ4v) is 1.82. The first-order chi connectivity index (χ1) is 9.69. The molecule has 2 aromatic rings. The average molecular weight is 272 g/mol. The van der Waals surface area contributed by atoms with E-state index in [9.17, 15) is 10.1 Å². The van der Waals surface area contributed by atoms with Gasteiger partial charge in [0, 0.05) is 24.4 Å². The van der Waals surface area contributed by atoms with Crippen LogP contribution in [0.25, 0.3) is 0 Å². The lowest BCUT2D eigenvalue weighted by molar-refractivity contribution is -0.384. The number of nitrogens with zero attached hydrogens (tertiary/aromatic N) is 1. The predicted molar refractivity (Wildman–Crippen MR) is 78.0 cm³/mol. The Morgan fingerprint density at radius 1 is 1.20 bits per heavy atom. The zero-order chi connectivity index (χ0) is 14.4. The van der Waals surface area contributed by atoms with Crippen LogP contribution in [0.15, 0.2) is 48.5 Å². The van der Waals surface area contributed by atoms with Gasteiger partial charge in [0.2, 0.25) is 0 Å². The number of hydrogen-bond donors (Lipinski definition) is 1. The van der Waals surface area contributed by atoms with Crippen LogP contribution in [-0.2, 0) is 6.61 Å². The summed E-state index contributed by atoms with van der Waals surface area (Å²) in [5.41, 5.74) is 1.72. The molecular weight excluding hydrogens is 256 g/mol. The predicted octanol–water partition coefficient (Wildman–Crippen LogP) is 3.61. The molecule has 1 N–H and O–H groups in total. The maximum Gasteiger partial charge on any atom is 0.275 e. The summed E-state index contributed by atoms with van der Waals surface area (Å²) in [6.07, 6.45) is 0. The highest BCUT2D eigenvalue weighted by atomic mass is 16.6. The number of nitro benzene ring substituents is 1. The number of anilines is 1. The number of nitro groups is 1. The topological polar surface area (TPSA) is 64.4 Å². The van der Waals surface area contributed by atoms with Crippen LogP contribution >= 0.6 is 0 Å². The molecule has 20 heavy (non-hydrogen) atoms. The minimum atomic E-state index is -0.420. The van der Waals surface area contributed by atoms with Gasteiger partial charge in [-0.1, -0.05) is 30.3 Å². The summed E-state index contributed by atoms with van der Waals surface area (Å²) >= 11 is 0. The SMILES string of the molecule is CCNc1cc(OCc2ccccc2)cc([N+](=O)[O-])c1. The van der Waals surface area contributed by atoms with E-state index in [1.54, 1.807) is 6.07 Å². The molecule has 0 aromatic heterocycles. The van der Waals surface area contributed by atoms with E-state index in [4.69, 9.17) is 4.74 Å². The van der Waals surface area contributed by atoms with Crippen LogP contribution in [0.5, 0.6) is 5.75 Å². The Kier molecular flexibility index (Phi) is 4.55. The van der Waals surface area contributed by atoms with Crippen LogP contribution in [0, 0.1) is 10.1 Å². The second-order valence-corrected chi connectivity index (χ2v) is 4.28. The highest BCUT2D eigenvalue weighted by Gasteiger charge is 2.10. The number of rotatable bonds is 6. The fourth-order valence-electron chi connectivity index (χ4n) is 1.82. The van der Waals surface area contributed by atoms with Gasteiger partial charge >= 0.3 is 0 Å². The molecule has 0 saturated carbocycles. The van der Waals surface area contributed by atoms with Crippen molar-refractivity contribution in [2.45, 2.75) is 13.5 Å². The van der Waals surface area contributed by atoms with Crippen molar-refractivity contribution in [3.05, 3.63) is 64.2 Å². The Balaban J connectivity index is 2.15. The first-order valence-electron chi connectivity index (χ1n) is 6.39. The van der Waals surface area contributed by atoms with Gasteiger partial charge in [-0.3, -0.25) is 10.1 Å². The summed E-state index contributed by atoms with van der Waals surface area (Å²) in [5.74, 6) is 0.485. The molecule has 0 heterocycles. The van der Waals surface area contributed by atoms with Crippen molar-refractivity contribution >= 4 is 11.4 Å². The first-order valence-corrected chi connectivity index (χ1v) is 6.39. The van der Waals surface area contributed by atoms with Crippen LogP contribution in [0.1, 0.15) is 12.5 Å². The highest BCUT2D eigenvalue weighted by molar-refractivity contribution is 5.56. The Labute approximate surface area is 117 Å². The summed E-state index contributed by atoms with van der Waals surface area (Å²) in [6.45, 7) is 3.01. The highest BCUT2D eigenvalue weighted by Crippen LogP contribution is 2.26. The third-order valence-corrected chi connectivity index (χ3v) is 2.73. The Hall–Kier alpha value is -2.56. The minimum absolute atomic E-state index is 0.0199. The van der Waals surface area contributed by atoms with Gasteiger partial charge in [0.1, 0.15) is 12.4 Å². The number of benzene rings is 2. The zero-order valence-corrected chi connectivity index (χ0v) is 11.2. The number of non-ortho nitro benzene ring substituents is 1. The van der Waals surface area contributed by atoms with Gasteiger partial charge in [-0.2, -0.15) is 0 Å². The monoisotopic (exact) mass is 272 g/mol. The molecule has 0 aliphatic carbocycles. The summed E-state index contributed by atoms with van der Waals surface area (Å²) < 4.78 is 5.63. The number of ether oxygens (including phenoxy) is 1. The molecule has 5 nitrogen and oxygen atoms in total. The normalized spacial score (nSPS) is 10.1. The molecule has 0 bridgehead atoms. The smallest absolute Gasteiger partial charge is 0.275 e. The van der Waals surface area contributed by atoms with E-state index in [1.807, 2.05) is 37.3 Å². The van der Waals surface area contributed by atoms with E-state index >= 15 is 0 Å². The first kappa shape index (κ1) is 13.9. The molecule has 0 aliphatic heterocycles. The standard InChI is InChI=1S/C15H16N2O3/c1-2-16-13-8-14(17(18)19)10-15(9-13)20-11-12-6-4-3-5-7-12/h3-10,16H,2,11H2,1H3. The van der Waals surface area contributed by atoms with E-state index < -0.39 is 4.92 Å². The molecule has 104 valence electrons. The largest absolute Gasteiger partial charge is 0.489 e. The van der Waals surface area contributed by atoms with Crippen LogP contribution in [0.2, 0.25) is 0 Å². The van der Waals surface area contributed by atoms with Crippen molar-refractivity contribution < 1.29 is 9.66 Å². The van der Waals surface area contributed by atoms with Gasteiger partial charge < -0.3 is 10.1 Å². The van der Waals surface area contributed by atoms with Crippen LogP contribution in [0.4, 0.5) is 11.4 Å². The van der Waals surface area contributed by atoms with E-state index in [2.05, 4.69) is 5.32 Å². The van der Waals surface area contributed by atoms with Crippen LogP contribution in [-0.4, -0.2) is 11.5 Å². The lowest BCUT2D eigenvalue weighted by Gasteiger charge is -2.09. The third kappa shape index (κ3) is 3.71. The maximum atomic E-state index is 10.9. The van der Waals surface area contributed by atoms with Gasteiger partial charge in [0.25, 0.3) is 5.69 Å². The molecule has 0 unspecified atom stereocenters. The Morgan fingerprint density at radius 2 is 1.95 bits per heavy atom. The summed E-state index contributed by atoms with van der Waals surface area (Å²) in [5, 5.41) is 14.0. The quantitative estimate of drug-likeness (QED) is 0.644. The maximum absolute atomic E-state index is 10.9. The van der Waals surface area contributed by atoms with Gasteiger partial charge in [-0.25, -0.2) is 0 Å². The van der Waals surface area contributed by atoms with Crippen LogP contribution in [0.3, 0.4) is 0 Å². The second kappa shape index (κ2) is 6.56. The van der Waals surface area contributed by atoms with Gasteiger partial charge in [-0.15, -0.1) is 0 Å². The molecular formula is C15H16N2O3. The summed E-state index contributed by atoms with van der Waals surface area (Å²) in [4.78, 5) is 10.5. The molecule has 2 aromatic carbocycles. The molecule has 0 amide bonds. The van der Waals surface area contributed by atoms with Crippen molar-refractivity contribution in [2.75, 3.05) is 11.9 Å². The molecule has 0 fully saturated rings. The molecule has 0 radical (unpaired) electrons. The van der Waals surface area contributed by atoms with Crippen molar-refractivity contribution in [3.8, 4) is 5.75 Å². The van der Waals surface area contributed by atoms with E-state index in [-0.39, 0.29) is 5.69 Å². The van der Waals surface area contributed by atoms with Gasteiger partial charge in [-0.05, 0) is 12.5 Å². The van der Waals surface area contributed by atoms with Gasteiger partial charge in [0.15, 0.2) is 0 Å². The van der Waals surface area contributed by atoms with Crippen LogP contribution < -0.4 is 10.1 Å². The van der Waals surface area contributed by atoms with Crippen molar-refractivity contribution in [1.29, 1.82) is 0 Å². The van der Waals surface area contributed by atoms with Crippen molar-refractivity contribution in [2.24, 2.45) is 0 Å². The third-order valence-electron chi connectivity index (χ3n) is 2.73. The Bertz CT molecular complexity index is 585. The summed E-state index contributed by atoms with van der Waals surface area (Å²) in [7, 11) is 0. The van der Waals surface area contributed by atoms with Crippen molar-refractivity contribution in [3.63, 3.8) is 0 Å². The molecule has 0 spiro atoms. The molecule has 0 saturated heterocycles. The molecule has 0 atom stereocenters. The Morgan fingerprint density at radius 3 is 2.60 bits per heavy atom. The minimum Gasteiger partial charge on any atom is -0.489 e. The fraction of sp³-hybridized carbons (Fsp3) is 0.200. The number of hydrogen-bond acceptors (Lipinski definition) is 4.